The van der Waals surface area contributed by atoms with E-state index in [1.54, 1.807) is 0 Å². The molecule has 0 bridgehead atoms. The summed E-state index contributed by atoms with van der Waals surface area (Å²) in [5.41, 5.74) is 0.512. The van der Waals surface area contributed by atoms with Gasteiger partial charge in [-0.05, 0) is 43.4 Å². The first-order valence-corrected chi connectivity index (χ1v) is 7.63. The van der Waals surface area contributed by atoms with E-state index in [4.69, 9.17) is 9.47 Å². The smallest absolute Gasteiger partial charge is 0.0590 e. The largest absolute Gasteiger partial charge is 0.381 e. The van der Waals surface area contributed by atoms with Crippen LogP contribution in [0.2, 0.25) is 0 Å². The summed E-state index contributed by atoms with van der Waals surface area (Å²) < 4.78 is 11.1. The molecule has 1 aliphatic carbocycles. The molecule has 2 fully saturated rings. The molecule has 18 heavy (non-hydrogen) atoms. The van der Waals surface area contributed by atoms with E-state index in [1.165, 1.54) is 25.7 Å². The average Bonchev–Trinajstić information content (AvgIpc) is 2.99. The Morgan fingerprint density at radius 2 is 2.22 bits per heavy atom. The van der Waals surface area contributed by atoms with Crippen molar-refractivity contribution in [2.45, 2.75) is 52.0 Å². The number of rotatable bonds is 7. The van der Waals surface area contributed by atoms with Gasteiger partial charge in [0, 0.05) is 32.4 Å². The van der Waals surface area contributed by atoms with Crippen LogP contribution in [0.15, 0.2) is 0 Å². The van der Waals surface area contributed by atoms with Crippen LogP contribution < -0.4 is 5.32 Å². The van der Waals surface area contributed by atoms with Crippen molar-refractivity contribution in [1.29, 1.82) is 0 Å². The third-order valence-corrected chi connectivity index (χ3v) is 4.72. The lowest BCUT2D eigenvalue weighted by Crippen LogP contribution is -2.33. The van der Waals surface area contributed by atoms with Crippen molar-refractivity contribution in [1.82, 2.24) is 5.32 Å². The lowest BCUT2D eigenvalue weighted by atomic mass is 9.75. The van der Waals surface area contributed by atoms with Crippen LogP contribution in [0.1, 0.15) is 46.0 Å². The zero-order valence-electron chi connectivity index (χ0n) is 12.0. The highest BCUT2D eigenvalue weighted by Crippen LogP contribution is 2.46. The normalized spacial score (nSPS) is 36.3. The van der Waals surface area contributed by atoms with Gasteiger partial charge in [-0.3, -0.25) is 0 Å². The molecule has 3 atom stereocenters. The summed E-state index contributed by atoms with van der Waals surface area (Å²) in [7, 11) is 0. The zero-order valence-corrected chi connectivity index (χ0v) is 12.0. The Labute approximate surface area is 112 Å². The van der Waals surface area contributed by atoms with Crippen molar-refractivity contribution in [3.8, 4) is 0 Å². The summed E-state index contributed by atoms with van der Waals surface area (Å²) in [6, 6.07) is 0.695. The van der Waals surface area contributed by atoms with Gasteiger partial charge in [-0.15, -0.1) is 0 Å². The molecule has 1 saturated carbocycles. The molecule has 2 rings (SSSR count). The molecule has 1 heterocycles. The van der Waals surface area contributed by atoms with E-state index >= 15 is 0 Å². The van der Waals surface area contributed by atoms with Crippen LogP contribution in [0.25, 0.3) is 0 Å². The zero-order chi connectivity index (χ0) is 12.8. The van der Waals surface area contributed by atoms with Gasteiger partial charge in [-0.1, -0.05) is 13.8 Å². The minimum absolute atomic E-state index is 0.512. The third-order valence-electron chi connectivity index (χ3n) is 4.72. The quantitative estimate of drug-likeness (QED) is 0.709. The second kappa shape index (κ2) is 6.88. The van der Waals surface area contributed by atoms with Crippen LogP contribution >= 0.6 is 0 Å². The van der Waals surface area contributed by atoms with E-state index in [1.807, 2.05) is 0 Å². The molecule has 0 spiro atoms. The minimum Gasteiger partial charge on any atom is -0.381 e. The van der Waals surface area contributed by atoms with Gasteiger partial charge in [-0.2, -0.15) is 0 Å². The van der Waals surface area contributed by atoms with Gasteiger partial charge in [0.15, 0.2) is 0 Å². The van der Waals surface area contributed by atoms with Gasteiger partial charge in [0.25, 0.3) is 0 Å². The highest BCUT2D eigenvalue weighted by molar-refractivity contribution is 4.94. The highest BCUT2D eigenvalue weighted by Gasteiger charge is 2.42. The van der Waals surface area contributed by atoms with E-state index in [2.05, 4.69) is 19.2 Å². The molecule has 1 N–H and O–H groups in total. The SMILES string of the molecule is CCCOCCNC1CCC(C)(C2CCOC2)C1. The molecular weight excluding hydrogens is 226 g/mol. The Hall–Kier alpha value is -0.120. The van der Waals surface area contributed by atoms with Gasteiger partial charge in [-0.25, -0.2) is 0 Å². The first kappa shape index (κ1) is 14.3. The summed E-state index contributed by atoms with van der Waals surface area (Å²) in [4.78, 5) is 0. The van der Waals surface area contributed by atoms with Crippen LogP contribution in [0, 0.1) is 11.3 Å². The summed E-state index contributed by atoms with van der Waals surface area (Å²) in [5.74, 6) is 0.792. The van der Waals surface area contributed by atoms with Crippen LogP contribution in [0.3, 0.4) is 0 Å². The Morgan fingerprint density at radius 1 is 1.33 bits per heavy atom. The second-order valence-corrected chi connectivity index (χ2v) is 6.22. The minimum atomic E-state index is 0.512. The molecule has 0 aromatic rings. The van der Waals surface area contributed by atoms with Crippen LogP contribution in [0.4, 0.5) is 0 Å². The monoisotopic (exact) mass is 255 g/mol. The Bertz CT molecular complexity index is 241. The fourth-order valence-electron chi connectivity index (χ4n) is 3.48. The standard InChI is InChI=1S/C15H29NO2/c1-3-8-17-10-7-16-14-4-6-15(2,11-14)13-5-9-18-12-13/h13-14,16H,3-12H2,1-2H3. The average molecular weight is 255 g/mol. The number of hydrogen-bond donors (Lipinski definition) is 1. The van der Waals surface area contributed by atoms with Gasteiger partial charge >= 0.3 is 0 Å². The summed E-state index contributed by atoms with van der Waals surface area (Å²) in [5, 5.41) is 3.65. The number of nitrogens with one attached hydrogen (secondary N) is 1. The van der Waals surface area contributed by atoms with Crippen LogP contribution in [0.5, 0.6) is 0 Å². The van der Waals surface area contributed by atoms with E-state index < -0.39 is 0 Å². The molecule has 0 aromatic heterocycles. The van der Waals surface area contributed by atoms with Crippen LogP contribution in [-0.2, 0) is 9.47 Å². The topological polar surface area (TPSA) is 30.5 Å². The second-order valence-electron chi connectivity index (χ2n) is 6.22. The molecule has 1 saturated heterocycles. The summed E-state index contributed by atoms with van der Waals surface area (Å²) in [6.07, 6.45) is 6.37. The maximum absolute atomic E-state index is 5.55. The predicted octanol–water partition coefficient (Wildman–Crippen LogP) is 2.60. The van der Waals surface area contributed by atoms with E-state index in [0.29, 0.717) is 11.5 Å². The van der Waals surface area contributed by atoms with Crippen molar-refractivity contribution in [2.75, 3.05) is 33.0 Å². The Morgan fingerprint density at radius 3 is 2.94 bits per heavy atom. The van der Waals surface area contributed by atoms with Crippen molar-refractivity contribution < 1.29 is 9.47 Å². The van der Waals surface area contributed by atoms with Gasteiger partial charge in [0.05, 0.1) is 6.61 Å². The maximum atomic E-state index is 5.55. The van der Waals surface area contributed by atoms with Crippen molar-refractivity contribution >= 4 is 0 Å². The third kappa shape index (κ3) is 3.69. The molecular formula is C15H29NO2. The molecule has 3 nitrogen and oxygen atoms in total. The predicted molar refractivity (Wildman–Crippen MR) is 73.8 cm³/mol. The van der Waals surface area contributed by atoms with E-state index in [0.717, 1.165) is 45.3 Å². The first-order chi connectivity index (χ1) is 8.74. The number of ether oxygens (including phenoxy) is 2. The lowest BCUT2D eigenvalue weighted by Gasteiger charge is -2.30. The van der Waals surface area contributed by atoms with Gasteiger partial charge in [0.1, 0.15) is 0 Å². The fourth-order valence-corrected chi connectivity index (χ4v) is 3.48. The molecule has 3 unspecified atom stereocenters. The summed E-state index contributed by atoms with van der Waals surface area (Å²) in [6.45, 7) is 9.33. The molecule has 2 aliphatic rings. The summed E-state index contributed by atoms with van der Waals surface area (Å²) >= 11 is 0. The molecule has 0 aromatic carbocycles. The molecule has 0 amide bonds. The van der Waals surface area contributed by atoms with Gasteiger partial charge < -0.3 is 14.8 Å². The van der Waals surface area contributed by atoms with Crippen molar-refractivity contribution in [3.05, 3.63) is 0 Å². The van der Waals surface area contributed by atoms with Gasteiger partial charge in [0.2, 0.25) is 0 Å². The Balaban J connectivity index is 1.64. The molecule has 0 radical (unpaired) electrons. The highest BCUT2D eigenvalue weighted by atomic mass is 16.5. The molecule has 106 valence electrons. The lowest BCUT2D eigenvalue weighted by molar-refractivity contribution is 0.127. The van der Waals surface area contributed by atoms with Crippen LogP contribution in [-0.4, -0.2) is 39.0 Å². The molecule has 3 heteroatoms. The van der Waals surface area contributed by atoms with E-state index in [-0.39, 0.29) is 0 Å². The number of hydrogen-bond acceptors (Lipinski definition) is 3. The maximum Gasteiger partial charge on any atom is 0.0590 e. The van der Waals surface area contributed by atoms with E-state index in [9.17, 15) is 0 Å². The fraction of sp³-hybridized carbons (Fsp3) is 1.00. The molecule has 1 aliphatic heterocycles. The van der Waals surface area contributed by atoms with Crippen molar-refractivity contribution in [2.24, 2.45) is 11.3 Å². The van der Waals surface area contributed by atoms with Crippen molar-refractivity contribution in [3.63, 3.8) is 0 Å². The first-order valence-electron chi connectivity index (χ1n) is 7.63. The Kier molecular flexibility index (Phi) is 5.46.